The summed E-state index contributed by atoms with van der Waals surface area (Å²) in [5, 5.41) is 0. The number of benzene rings is 1. The van der Waals surface area contributed by atoms with Crippen molar-refractivity contribution in [2.24, 2.45) is 0 Å². The van der Waals surface area contributed by atoms with E-state index in [9.17, 15) is 0 Å². The molecule has 0 aliphatic heterocycles. The SMILES string of the molecule is [C]#CC(=C)c1ccccc1. The molecule has 0 bridgehead atoms. The van der Waals surface area contributed by atoms with E-state index < -0.39 is 0 Å². The molecule has 1 radical (unpaired) electrons. The van der Waals surface area contributed by atoms with Gasteiger partial charge in [0, 0.05) is 5.57 Å². The average molecular weight is 127 g/mol. The monoisotopic (exact) mass is 127 g/mol. The third-order valence-electron chi connectivity index (χ3n) is 1.27. The van der Waals surface area contributed by atoms with E-state index in [1.165, 1.54) is 0 Å². The molecule has 0 aliphatic rings. The van der Waals surface area contributed by atoms with E-state index in [1.807, 2.05) is 30.3 Å². The van der Waals surface area contributed by atoms with Crippen molar-refractivity contribution in [3.8, 4) is 5.92 Å². The molecule has 0 nitrogen and oxygen atoms in total. The quantitative estimate of drug-likeness (QED) is 0.508. The molecule has 1 rings (SSSR count). The van der Waals surface area contributed by atoms with Crippen LogP contribution in [0.3, 0.4) is 0 Å². The van der Waals surface area contributed by atoms with Crippen molar-refractivity contribution in [2.75, 3.05) is 0 Å². The Morgan fingerprint density at radius 2 is 1.90 bits per heavy atom. The fraction of sp³-hybridized carbons (Fsp3) is 0. The highest BCUT2D eigenvalue weighted by Crippen LogP contribution is 2.08. The predicted molar refractivity (Wildman–Crippen MR) is 42.6 cm³/mol. The molecule has 0 heterocycles. The third kappa shape index (κ3) is 1.27. The molecule has 1 aromatic rings. The van der Waals surface area contributed by atoms with E-state index in [2.05, 4.69) is 12.5 Å². The van der Waals surface area contributed by atoms with E-state index in [0.29, 0.717) is 5.57 Å². The lowest BCUT2D eigenvalue weighted by Gasteiger charge is -1.93. The van der Waals surface area contributed by atoms with Gasteiger partial charge in [0.05, 0.1) is 0 Å². The van der Waals surface area contributed by atoms with Gasteiger partial charge in [0.25, 0.3) is 0 Å². The van der Waals surface area contributed by atoms with Crippen LogP contribution in [-0.4, -0.2) is 0 Å². The second kappa shape index (κ2) is 2.89. The Kier molecular flexibility index (Phi) is 1.92. The first-order chi connectivity index (χ1) is 4.84. The Hall–Kier alpha value is -1.48. The zero-order valence-electron chi connectivity index (χ0n) is 5.59. The second-order valence-corrected chi connectivity index (χ2v) is 1.97. The van der Waals surface area contributed by atoms with Gasteiger partial charge < -0.3 is 0 Å². The lowest BCUT2D eigenvalue weighted by atomic mass is 10.1. The molecule has 0 amide bonds. The second-order valence-electron chi connectivity index (χ2n) is 1.97. The van der Waals surface area contributed by atoms with Crippen molar-refractivity contribution in [2.45, 2.75) is 0 Å². The van der Waals surface area contributed by atoms with Crippen LogP contribution in [-0.2, 0) is 0 Å². The highest BCUT2D eigenvalue weighted by Gasteiger charge is 1.89. The minimum absolute atomic E-state index is 0.626. The highest BCUT2D eigenvalue weighted by molar-refractivity contribution is 5.75. The fourth-order valence-corrected chi connectivity index (χ4v) is 0.712. The summed E-state index contributed by atoms with van der Waals surface area (Å²) in [4.78, 5) is 0. The summed E-state index contributed by atoms with van der Waals surface area (Å²) in [7, 11) is 0. The summed E-state index contributed by atoms with van der Waals surface area (Å²) >= 11 is 0. The van der Waals surface area contributed by atoms with Gasteiger partial charge in [-0.25, -0.2) is 0 Å². The van der Waals surface area contributed by atoms with Gasteiger partial charge in [-0.1, -0.05) is 42.8 Å². The van der Waals surface area contributed by atoms with E-state index >= 15 is 0 Å². The number of hydrogen-bond acceptors (Lipinski definition) is 0. The predicted octanol–water partition coefficient (Wildman–Crippen LogP) is 2.29. The van der Waals surface area contributed by atoms with Crippen LogP contribution in [0, 0.1) is 12.3 Å². The molecule has 0 spiro atoms. The minimum Gasteiger partial charge on any atom is -0.0826 e. The van der Waals surface area contributed by atoms with Gasteiger partial charge in [-0.3, -0.25) is 0 Å². The summed E-state index contributed by atoms with van der Waals surface area (Å²) in [5.41, 5.74) is 1.58. The minimum atomic E-state index is 0.626. The van der Waals surface area contributed by atoms with Crippen LogP contribution in [0.4, 0.5) is 0 Å². The van der Waals surface area contributed by atoms with E-state index in [4.69, 9.17) is 6.42 Å². The summed E-state index contributed by atoms with van der Waals surface area (Å²) in [6.45, 7) is 3.64. The topological polar surface area (TPSA) is 0 Å². The third-order valence-corrected chi connectivity index (χ3v) is 1.27. The largest absolute Gasteiger partial charge is 0.0826 e. The molecule has 1 aromatic carbocycles. The molecule has 0 saturated heterocycles. The van der Waals surface area contributed by atoms with Crippen LogP contribution in [0.2, 0.25) is 0 Å². The molecule has 0 heteroatoms. The zero-order chi connectivity index (χ0) is 7.40. The molecule has 10 heavy (non-hydrogen) atoms. The van der Waals surface area contributed by atoms with Gasteiger partial charge in [0.1, 0.15) is 0 Å². The van der Waals surface area contributed by atoms with Crippen molar-refractivity contribution < 1.29 is 0 Å². The van der Waals surface area contributed by atoms with E-state index in [0.717, 1.165) is 5.56 Å². The van der Waals surface area contributed by atoms with Crippen LogP contribution in [0.25, 0.3) is 5.57 Å². The Bertz CT molecular complexity index is 262. The smallest absolute Gasteiger partial charge is 0.0256 e. The molecular formula is C10H7. The van der Waals surface area contributed by atoms with Gasteiger partial charge in [0.15, 0.2) is 0 Å². The summed E-state index contributed by atoms with van der Waals surface area (Å²) in [6.07, 6.45) is 6.80. The maximum absolute atomic E-state index is 6.80. The first-order valence-corrected chi connectivity index (χ1v) is 3.01. The van der Waals surface area contributed by atoms with E-state index in [1.54, 1.807) is 0 Å². The van der Waals surface area contributed by atoms with Crippen LogP contribution in [0.1, 0.15) is 5.56 Å². The van der Waals surface area contributed by atoms with Gasteiger partial charge in [-0.15, -0.1) is 0 Å². The molecule has 0 atom stereocenters. The zero-order valence-corrected chi connectivity index (χ0v) is 5.59. The first-order valence-electron chi connectivity index (χ1n) is 3.01. The molecule has 0 unspecified atom stereocenters. The Morgan fingerprint density at radius 1 is 1.30 bits per heavy atom. The molecule has 0 aliphatic carbocycles. The summed E-state index contributed by atoms with van der Waals surface area (Å²) < 4.78 is 0. The van der Waals surface area contributed by atoms with Crippen molar-refractivity contribution in [1.29, 1.82) is 0 Å². The summed E-state index contributed by atoms with van der Waals surface area (Å²) in [5.74, 6) is 2.24. The van der Waals surface area contributed by atoms with Crippen molar-refractivity contribution >= 4 is 5.57 Å². The highest BCUT2D eigenvalue weighted by atomic mass is 13.9. The Morgan fingerprint density at radius 3 is 2.40 bits per heavy atom. The molecule has 0 saturated carbocycles. The number of rotatable bonds is 1. The fourth-order valence-electron chi connectivity index (χ4n) is 0.712. The maximum Gasteiger partial charge on any atom is 0.0256 e. The summed E-state index contributed by atoms with van der Waals surface area (Å²) in [6, 6.07) is 9.57. The van der Waals surface area contributed by atoms with Crippen LogP contribution in [0.15, 0.2) is 36.9 Å². The lowest BCUT2D eigenvalue weighted by Crippen LogP contribution is -1.75. The van der Waals surface area contributed by atoms with Crippen molar-refractivity contribution in [1.82, 2.24) is 0 Å². The molecule has 47 valence electrons. The van der Waals surface area contributed by atoms with Crippen molar-refractivity contribution in [3.05, 3.63) is 48.9 Å². The molecular weight excluding hydrogens is 120 g/mol. The van der Waals surface area contributed by atoms with Gasteiger partial charge in [-0.2, -0.15) is 0 Å². The van der Waals surface area contributed by atoms with Gasteiger partial charge in [0.2, 0.25) is 0 Å². The van der Waals surface area contributed by atoms with E-state index in [-0.39, 0.29) is 0 Å². The molecule has 0 N–H and O–H groups in total. The van der Waals surface area contributed by atoms with Crippen molar-refractivity contribution in [3.63, 3.8) is 0 Å². The number of allylic oxidation sites excluding steroid dienone is 1. The van der Waals surface area contributed by atoms with Crippen LogP contribution in [0.5, 0.6) is 0 Å². The molecule has 0 aromatic heterocycles. The first kappa shape index (κ1) is 6.64. The van der Waals surface area contributed by atoms with Gasteiger partial charge >= 0.3 is 0 Å². The molecule has 0 fully saturated rings. The number of hydrogen-bond donors (Lipinski definition) is 0. The van der Waals surface area contributed by atoms with Crippen LogP contribution >= 0.6 is 0 Å². The lowest BCUT2D eigenvalue weighted by molar-refractivity contribution is 1.64. The van der Waals surface area contributed by atoms with Gasteiger partial charge in [-0.05, 0) is 12.0 Å². The standard InChI is InChI=1S/C10H7/c1-3-9(2)10-7-5-4-6-8-10/h4-8H,2H2. The average Bonchev–Trinajstić information content (AvgIpc) is 2.05. The normalized spacial score (nSPS) is 8.30. The van der Waals surface area contributed by atoms with Crippen LogP contribution < -0.4 is 0 Å². The maximum atomic E-state index is 6.80. The Labute approximate surface area is 61.2 Å². The Balaban J connectivity index is 2.99.